The van der Waals surface area contributed by atoms with Gasteiger partial charge < -0.3 is 14.6 Å². The highest BCUT2D eigenvalue weighted by Gasteiger charge is 2.18. The van der Waals surface area contributed by atoms with Gasteiger partial charge in [-0.05, 0) is 25.1 Å². The molecule has 31 heavy (non-hydrogen) atoms. The molecule has 0 aliphatic carbocycles. The van der Waals surface area contributed by atoms with Crippen molar-refractivity contribution in [3.8, 4) is 28.3 Å². The largest absolute Gasteiger partial charge is 0.482 e. The van der Waals surface area contributed by atoms with Crippen molar-refractivity contribution in [1.29, 1.82) is 0 Å². The molecule has 0 saturated carbocycles. The number of hydrogen-bond acceptors (Lipinski definition) is 7. The molecule has 9 heteroatoms. The highest BCUT2D eigenvalue weighted by Crippen LogP contribution is 2.34. The van der Waals surface area contributed by atoms with Crippen molar-refractivity contribution in [2.45, 2.75) is 6.92 Å². The SMILES string of the molecule is Cc1ccc(-c2cc(C(=O)Nc3nc(-c4ccc5c(c4)NC(=O)CO5)cs3)no2)cc1. The molecule has 0 bridgehead atoms. The molecule has 0 unspecified atom stereocenters. The molecular weight excluding hydrogens is 416 g/mol. The standard InChI is InChI=1S/C22H16N4O4S/c1-12-2-4-13(5-3-12)19-9-16(26-30-19)21(28)25-22-24-17(11-31-22)14-6-7-18-15(8-14)23-20(27)10-29-18/h2-9,11H,10H2,1H3,(H,23,27)(H,24,25,28). The van der Waals surface area contributed by atoms with Gasteiger partial charge >= 0.3 is 0 Å². The second-order valence-electron chi connectivity index (χ2n) is 6.98. The van der Waals surface area contributed by atoms with Gasteiger partial charge in [0, 0.05) is 22.6 Å². The molecule has 0 atom stereocenters. The number of hydrogen-bond donors (Lipinski definition) is 2. The summed E-state index contributed by atoms with van der Waals surface area (Å²) in [6, 6.07) is 14.8. The highest BCUT2D eigenvalue weighted by molar-refractivity contribution is 7.14. The summed E-state index contributed by atoms with van der Waals surface area (Å²) >= 11 is 1.29. The van der Waals surface area contributed by atoms with Crippen LogP contribution in [0.25, 0.3) is 22.6 Å². The van der Waals surface area contributed by atoms with Gasteiger partial charge in [0.25, 0.3) is 11.8 Å². The molecule has 1 aliphatic heterocycles. The number of thiazole rings is 1. The first-order chi connectivity index (χ1) is 15.0. The van der Waals surface area contributed by atoms with E-state index in [1.165, 1.54) is 11.3 Å². The maximum atomic E-state index is 12.6. The molecule has 8 nitrogen and oxygen atoms in total. The normalized spacial score (nSPS) is 12.6. The Hall–Kier alpha value is -3.98. The van der Waals surface area contributed by atoms with Crippen LogP contribution in [-0.2, 0) is 4.79 Å². The molecule has 0 saturated heterocycles. The van der Waals surface area contributed by atoms with Crippen LogP contribution >= 0.6 is 11.3 Å². The predicted octanol–water partition coefficient (Wildman–Crippen LogP) is 4.36. The van der Waals surface area contributed by atoms with E-state index in [9.17, 15) is 9.59 Å². The number of rotatable bonds is 4. The fourth-order valence-electron chi connectivity index (χ4n) is 3.10. The van der Waals surface area contributed by atoms with Crippen LogP contribution in [0, 0.1) is 6.92 Å². The number of fused-ring (bicyclic) bond motifs is 1. The molecule has 2 aromatic carbocycles. The quantitative estimate of drug-likeness (QED) is 0.496. The van der Waals surface area contributed by atoms with Crippen LogP contribution in [0.15, 0.2) is 58.4 Å². The first kappa shape index (κ1) is 19.0. The topological polar surface area (TPSA) is 106 Å². The number of nitrogens with zero attached hydrogens (tertiary/aromatic N) is 2. The van der Waals surface area contributed by atoms with Gasteiger partial charge in [0.1, 0.15) is 5.75 Å². The number of carbonyl (C=O) groups is 2. The number of carbonyl (C=O) groups excluding carboxylic acids is 2. The molecule has 2 aromatic heterocycles. The summed E-state index contributed by atoms with van der Waals surface area (Å²) in [5, 5.41) is 11.6. The van der Waals surface area contributed by atoms with Crippen molar-refractivity contribution in [1.82, 2.24) is 10.1 Å². The summed E-state index contributed by atoms with van der Waals surface area (Å²) in [6.45, 7) is 2.01. The maximum absolute atomic E-state index is 12.6. The lowest BCUT2D eigenvalue weighted by Crippen LogP contribution is -2.25. The maximum Gasteiger partial charge on any atom is 0.279 e. The molecule has 0 radical (unpaired) electrons. The van der Waals surface area contributed by atoms with Crippen molar-refractivity contribution < 1.29 is 18.8 Å². The Kier molecular flexibility index (Phi) is 4.72. The number of aromatic nitrogens is 2. The van der Waals surface area contributed by atoms with Crippen LogP contribution < -0.4 is 15.4 Å². The zero-order chi connectivity index (χ0) is 21.4. The van der Waals surface area contributed by atoms with E-state index >= 15 is 0 Å². The third kappa shape index (κ3) is 3.90. The van der Waals surface area contributed by atoms with Gasteiger partial charge in [0.15, 0.2) is 23.2 Å². The third-order valence-corrected chi connectivity index (χ3v) is 5.47. The van der Waals surface area contributed by atoms with Crippen LogP contribution in [-0.4, -0.2) is 28.6 Å². The number of amides is 2. The lowest BCUT2D eigenvalue weighted by Gasteiger charge is -2.18. The minimum Gasteiger partial charge on any atom is -0.482 e. The van der Waals surface area contributed by atoms with Gasteiger partial charge in [-0.3, -0.25) is 14.9 Å². The van der Waals surface area contributed by atoms with Gasteiger partial charge in [-0.25, -0.2) is 4.98 Å². The van der Waals surface area contributed by atoms with Crippen molar-refractivity contribution in [3.05, 3.63) is 65.2 Å². The van der Waals surface area contributed by atoms with E-state index in [1.807, 2.05) is 42.6 Å². The summed E-state index contributed by atoms with van der Waals surface area (Å²) in [5.74, 6) is 0.522. The van der Waals surface area contributed by atoms with Gasteiger partial charge in [-0.2, -0.15) is 0 Å². The second-order valence-corrected chi connectivity index (χ2v) is 7.84. The van der Waals surface area contributed by atoms with Crippen LogP contribution in [0.5, 0.6) is 5.75 Å². The Bertz CT molecular complexity index is 1290. The number of ether oxygens (including phenoxy) is 1. The van der Waals surface area contributed by atoms with Gasteiger partial charge in [0.05, 0.1) is 11.4 Å². The number of nitrogens with one attached hydrogen (secondary N) is 2. The first-order valence-corrected chi connectivity index (χ1v) is 10.3. The number of aryl methyl sites for hydroxylation is 1. The molecule has 4 aromatic rings. The smallest absolute Gasteiger partial charge is 0.279 e. The summed E-state index contributed by atoms with van der Waals surface area (Å²) < 4.78 is 10.7. The van der Waals surface area contributed by atoms with E-state index in [4.69, 9.17) is 9.26 Å². The minimum atomic E-state index is -0.408. The average molecular weight is 432 g/mol. The van der Waals surface area contributed by atoms with E-state index in [1.54, 1.807) is 18.2 Å². The number of benzene rings is 2. The van der Waals surface area contributed by atoms with E-state index in [0.717, 1.165) is 16.7 Å². The van der Waals surface area contributed by atoms with Crippen molar-refractivity contribution in [3.63, 3.8) is 0 Å². The molecule has 0 fully saturated rings. The Balaban J connectivity index is 1.31. The highest BCUT2D eigenvalue weighted by atomic mass is 32.1. The molecule has 3 heterocycles. The van der Waals surface area contributed by atoms with Crippen molar-refractivity contribution >= 4 is 34.0 Å². The number of anilines is 2. The van der Waals surface area contributed by atoms with Crippen molar-refractivity contribution in [2.75, 3.05) is 17.2 Å². The van der Waals surface area contributed by atoms with Crippen molar-refractivity contribution in [2.24, 2.45) is 0 Å². The molecule has 0 spiro atoms. The average Bonchev–Trinajstić information content (AvgIpc) is 3.44. The Morgan fingerprint density at radius 2 is 1.94 bits per heavy atom. The Labute approximate surface area is 180 Å². The zero-order valence-electron chi connectivity index (χ0n) is 16.3. The van der Waals surface area contributed by atoms with E-state index in [-0.39, 0.29) is 18.2 Å². The lowest BCUT2D eigenvalue weighted by atomic mass is 10.1. The summed E-state index contributed by atoms with van der Waals surface area (Å²) in [6.07, 6.45) is 0. The van der Waals surface area contributed by atoms with Crippen LogP contribution in [0.1, 0.15) is 16.1 Å². The summed E-state index contributed by atoms with van der Waals surface area (Å²) in [4.78, 5) is 28.5. The summed E-state index contributed by atoms with van der Waals surface area (Å²) in [5.41, 5.74) is 4.21. The molecule has 5 rings (SSSR count). The van der Waals surface area contributed by atoms with Gasteiger partial charge in [-0.1, -0.05) is 35.0 Å². The van der Waals surface area contributed by atoms with Gasteiger partial charge in [0.2, 0.25) is 0 Å². The minimum absolute atomic E-state index is 0.00685. The monoisotopic (exact) mass is 432 g/mol. The summed E-state index contributed by atoms with van der Waals surface area (Å²) in [7, 11) is 0. The fourth-order valence-corrected chi connectivity index (χ4v) is 3.82. The first-order valence-electron chi connectivity index (χ1n) is 9.43. The third-order valence-electron chi connectivity index (χ3n) is 4.71. The molecule has 1 aliphatic rings. The van der Waals surface area contributed by atoms with Crippen LogP contribution in [0.4, 0.5) is 10.8 Å². The zero-order valence-corrected chi connectivity index (χ0v) is 17.2. The van der Waals surface area contributed by atoms with E-state index < -0.39 is 5.91 Å². The predicted molar refractivity (Wildman–Crippen MR) is 116 cm³/mol. The fraction of sp³-hybridized carbons (Fsp3) is 0.0909. The Morgan fingerprint density at radius 1 is 1.13 bits per heavy atom. The molecular formula is C22H16N4O4S. The van der Waals surface area contributed by atoms with E-state index in [0.29, 0.717) is 28.0 Å². The van der Waals surface area contributed by atoms with Crippen LogP contribution in [0.3, 0.4) is 0 Å². The Morgan fingerprint density at radius 3 is 2.77 bits per heavy atom. The lowest BCUT2D eigenvalue weighted by molar-refractivity contribution is -0.118. The second kappa shape index (κ2) is 7.69. The van der Waals surface area contributed by atoms with Gasteiger partial charge in [-0.15, -0.1) is 11.3 Å². The molecule has 2 amide bonds. The van der Waals surface area contributed by atoms with Crippen LogP contribution in [0.2, 0.25) is 0 Å². The van der Waals surface area contributed by atoms with E-state index in [2.05, 4.69) is 20.8 Å². The molecule has 2 N–H and O–H groups in total. The molecule has 154 valence electrons.